The van der Waals surface area contributed by atoms with Gasteiger partial charge in [0.05, 0.1) is 38.6 Å². The Balaban J connectivity index is 1.24. The summed E-state index contributed by atoms with van der Waals surface area (Å²) in [6.45, 7) is 7.34. The smallest absolute Gasteiger partial charge is 0.329 e. The molecule has 0 saturated carbocycles. The Morgan fingerprint density at radius 3 is 2.79 bits per heavy atom. The van der Waals surface area contributed by atoms with E-state index in [1.54, 1.807) is 15.5 Å². The van der Waals surface area contributed by atoms with Crippen LogP contribution in [0.15, 0.2) is 24.5 Å². The van der Waals surface area contributed by atoms with Crippen molar-refractivity contribution < 1.29 is 22.7 Å². The number of halogens is 4. The molecule has 5 aromatic rings. The number of alkyl halides is 1. The molecule has 53 heavy (non-hydrogen) atoms. The van der Waals surface area contributed by atoms with Crippen LogP contribution in [0.3, 0.4) is 0 Å². The molecule has 8 rings (SSSR count). The van der Waals surface area contributed by atoms with Gasteiger partial charge < -0.3 is 20.3 Å². The number of ether oxygens (including phenoxy) is 1. The lowest BCUT2D eigenvalue weighted by Crippen LogP contribution is -2.45. The summed E-state index contributed by atoms with van der Waals surface area (Å²) in [4.78, 5) is 33.1. The lowest BCUT2D eigenvalue weighted by Gasteiger charge is -2.33. The number of nitrogen functional groups attached to an aromatic ring is 1. The summed E-state index contributed by atoms with van der Waals surface area (Å²) in [6.07, 6.45) is 3.14. The van der Waals surface area contributed by atoms with E-state index in [1.807, 2.05) is 38.8 Å². The van der Waals surface area contributed by atoms with Crippen LogP contribution < -0.4 is 15.4 Å². The minimum Gasteiger partial charge on any atom is -0.461 e. The number of benzene rings is 2. The van der Waals surface area contributed by atoms with Crippen LogP contribution in [0, 0.1) is 36.8 Å². The number of nitriles is 1. The Morgan fingerprint density at radius 1 is 1.26 bits per heavy atom. The lowest BCUT2D eigenvalue weighted by atomic mass is 9.95. The predicted molar refractivity (Wildman–Crippen MR) is 198 cm³/mol. The molecule has 2 N–H and O–H groups in total. The number of rotatable bonds is 6. The molecule has 0 aliphatic carbocycles. The van der Waals surface area contributed by atoms with Gasteiger partial charge in [-0.25, -0.2) is 22.9 Å². The van der Waals surface area contributed by atoms with Crippen molar-refractivity contribution in [3.63, 3.8) is 0 Å². The molecule has 3 saturated heterocycles. The Hall–Kier alpha value is -4.65. The molecular formula is C37H37ClF3N9O2S. The normalized spacial score (nSPS) is 22.9. The van der Waals surface area contributed by atoms with Crippen molar-refractivity contribution in [2.75, 3.05) is 43.9 Å². The first-order valence-corrected chi connectivity index (χ1v) is 18.7. The second-order valence-electron chi connectivity index (χ2n) is 14.4. The Morgan fingerprint density at radius 2 is 2.06 bits per heavy atom. The van der Waals surface area contributed by atoms with E-state index in [0.29, 0.717) is 31.7 Å². The van der Waals surface area contributed by atoms with Gasteiger partial charge in [0.2, 0.25) is 0 Å². The van der Waals surface area contributed by atoms with Crippen LogP contribution in [0.4, 0.5) is 28.8 Å². The number of likely N-dealkylation sites (N-methyl/N-ethyl adjacent to an activating group) is 1. The Bertz CT molecular complexity index is 2360. The number of imidazole rings is 1. The molecular weight excluding hydrogens is 727 g/mol. The number of hydrogen-bond donors (Lipinski definition) is 1. The number of nitrogens with zero attached hydrogens (tertiary/aromatic N) is 8. The number of anilines is 2. The van der Waals surface area contributed by atoms with Crippen LogP contribution in [-0.2, 0) is 0 Å². The average Bonchev–Trinajstić information content (AvgIpc) is 3.93. The van der Waals surface area contributed by atoms with E-state index in [1.165, 1.54) is 18.5 Å². The number of nitrogens with two attached hydrogens (primary N) is 1. The van der Waals surface area contributed by atoms with E-state index in [9.17, 15) is 18.8 Å². The Labute approximate surface area is 312 Å². The molecule has 3 aliphatic rings. The van der Waals surface area contributed by atoms with Crippen molar-refractivity contribution in [3.8, 4) is 23.2 Å². The summed E-state index contributed by atoms with van der Waals surface area (Å²) in [5, 5.41) is 10.5. The second kappa shape index (κ2) is 13.0. The number of fused-ring (bicyclic) bond motifs is 3. The van der Waals surface area contributed by atoms with Gasteiger partial charge in [-0.05, 0) is 64.3 Å². The van der Waals surface area contributed by atoms with E-state index >= 15 is 4.39 Å². The van der Waals surface area contributed by atoms with Crippen molar-refractivity contribution in [3.05, 3.63) is 58.1 Å². The fourth-order valence-electron chi connectivity index (χ4n) is 8.59. The summed E-state index contributed by atoms with van der Waals surface area (Å²) < 4.78 is 54.7. The first kappa shape index (κ1) is 35.4. The maximum absolute atomic E-state index is 17.2. The third kappa shape index (κ3) is 5.56. The number of aromatic nitrogens is 4. The van der Waals surface area contributed by atoms with Crippen LogP contribution in [0.2, 0.25) is 5.02 Å². The van der Waals surface area contributed by atoms with Crippen LogP contribution >= 0.6 is 22.9 Å². The molecule has 2 aromatic carbocycles. The largest absolute Gasteiger partial charge is 0.461 e. The number of carbonyl (C=O) groups excluding carboxylic acids is 1. The Kier molecular flexibility index (Phi) is 8.70. The molecule has 0 radical (unpaired) electrons. The summed E-state index contributed by atoms with van der Waals surface area (Å²) in [6, 6.07) is 5.34. The standard InChI is InChI=1S/C37H37ClF3N9O2S/c1-18-19(2)50(17-44-18)36(51)49-11-8-27(20(49)3)47(4)34-23-12-25(38)29(22-6-7-26(40)32-28(22)24(14-42)33(43)53-32)30(41)31(23)45-35(46-34)52-16-37-9-5-10-48(37)15-21(39)13-37/h6-7,12,17,20-21,27H,5,8-11,13,15-16,43H2,1-4H3/t20-,21-,27-,37+/m1/s1. The van der Waals surface area contributed by atoms with Gasteiger partial charge in [0.1, 0.15) is 47.3 Å². The quantitative estimate of drug-likeness (QED) is 0.190. The van der Waals surface area contributed by atoms with Crippen molar-refractivity contribution in [2.24, 2.45) is 0 Å². The summed E-state index contributed by atoms with van der Waals surface area (Å²) in [5.74, 6) is -1.08. The predicted octanol–water partition coefficient (Wildman–Crippen LogP) is 7.23. The van der Waals surface area contributed by atoms with Gasteiger partial charge >= 0.3 is 12.0 Å². The van der Waals surface area contributed by atoms with Gasteiger partial charge in [-0.15, -0.1) is 11.3 Å². The van der Waals surface area contributed by atoms with E-state index in [-0.39, 0.29) is 78.4 Å². The van der Waals surface area contributed by atoms with Crippen LogP contribution in [0.1, 0.15) is 49.6 Å². The minimum absolute atomic E-state index is 0.00820. The van der Waals surface area contributed by atoms with Crippen LogP contribution in [0.5, 0.6) is 6.01 Å². The van der Waals surface area contributed by atoms with Gasteiger partial charge in [0.15, 0.2) is 5.82 Å². The monoisotopic (exact) mass is 763 g/mol. The van der Waals surface area contributed by atoms with Gasteiger partial charge in [0, 0.05) is 48.6 Å². The van der Waals surface area contributed by atoms with Crippen LogP contribution in [-0.4, -0.2) is 92.4 Å². The number of amides is 1. The van der Waals surface area contributed by atoms with Crippen molar-refractivity contribution >= 4 is 60.8 Å². The van der Waals surface area contributed by atoms with Crippen molar-refractivity contribution in [1.29, 1.82) is 5.26 Å². The molecule has 0 bridgehead atoms. The number of carbonyl (C=O) groups is 1. The van der Waals surface area contributed by atoms with Crippen molar-refractivity contribution in [2.45, 2.75) is 70.2 Å². The summed E-state index contributed by atoms with van der Waals surface area (Å²) >= 11 is 7.81. The van der Waals surface area contributed by atoms with E-state index in [4.69, 9.17) is 27.1 Å². The van der Waals surface area contributed by atoms with E-state index < -0.39 is 23.3 Å². The highest BCUT2D eigenvalue weighted by Gasteiger charge is 2.49. The fraction of sp³-hybridized carbons (Fsp3) is 0.432. The van der Waals surface area contributed by atoms with Gasteiger partial charge in [-0.3, -0.25) is 9.47 Å². The molecule has 16 heteroatoms. The molecule has 3 aliphatic heterocycles. The molecule has 276 valence electrons. The maximum Gasteiger partial charge on any atom is 0.329 e. The fourth-order valence-corrected chi connectivity index (χ4v) is 9.84. The number of hydrogen-bond acceptors (Lipinski definition) is 10. The molecule has 6 heterocycles. The lowest BCUT2D eigenvalue weighted by molar-refractivity contribution is 0.107. The van der Waals surface area contributed by atoms with Crippen molar-refractivity contribution in [1.82, 2.24) is 29.3 Å². The number of thiophene rings is 1. The topological polar surface area (TPSA) is 129 Å². The van der Waals surface area contributed by atoms with Gasteiger partial charge in [-0.2, -0.15) is 15.2 Å². The highest BCUT2D eigenvalue weighted by atomic mass is 35.5. The number of aryl methyl sites for hydroxylation is 1. The molecule has 3 fully saturated rings. The highest BCUT2D eigenvalue weighted by Crippen LogP contribution is 2.46. The molecule has 1 amide bonds. The molecule has 0 spiro atoms. The molecule has 3 aromatic heterocycles. The average molecular weight is 764 g/mol. The number of likely N-dealkylation sites (tertiary alicyclic amines) is 1. The molecule has 0 unspecified atom stereocenters. The first-order valence-electron chi connectivity index (χ1n) is 17.5. The molecule has 4 atom stereocenters. The third-order valence-corrected chi connectivity index (χ3v) is 12.8. The zero-order valence-corrected chi connectivity index (χ0v) is 31.2. The van der Waals surface area contributed by atoms with E-state index in [0.717, 1.165) is 42.1 Å². The van der Waals surface area contributed by atoms with Gasteiger partial charge in [0.25, 0.3) is 0 Å². The SMILES string of the molecule is Cc1ncn(C(=O)N2CC[C@@H](N(C)c3nc(OC[C@@]45CCCN4C[C@H](F)C5)nc4c(F)c(-c5ccc(F)c6sc(N)c(C#N)c56)c(Cl)cc34)[C@H]2C)c1C. The summed E-state index contributed by atoms with van der Waals surface area (Å²) in [5.41, 5.74) is 7.15. The van der Waals surface area contributed by atoms with E-state index in [2.05, 4.69) is 14.9 Å². The third-order valence-electron chi connectivity index (χ3n) is 11.5. The zero-order valence-electron chi connectivity index (χ0n) is 29.6. The van der Waals surface area contributed by atoms with Crippen LogP contribution in [0.25, 0.3) is 32.1 Å². The first-order chi connectivity index (χ1) is 25.3. The molecule has 11 nitrogen and oxygen atoms in total. The summed E-state index contributed by atoms with van der Waals surface area (Å²) in [7, 11) is 1.83. The minimum atomic E-state index is -0.971. The second-order valence-corrected chi connectivity index (χ2v) is 15.8. The maximum atomic E-state index is 17.2. The highest BCUT2D eigenvalue weighted by molar-refractivity contribution is 7.23. The zero-order chi connectivity index (χ0) is 37.5. The van der Waals surface area contributed by atoms with Gasteiger partial charge in [-0.1, -0.05) is 17.7 Å².